The first kappa shape index (κ1) is 21.7. The van der Waals surface area contributed by atoms with Gasteiger partial charge in [-0.15, -0.1) is 0 Å². The molecule has 0 amide bonds. The molecule has 2 aromatic rings. The molecule has 2 aliphatic rings. The number of fused-ring (bicyclic) bond motifs is 2. The van der Waals surface area contributed by atoms with Crippen molar-refractivity contribution >= 4 is 27.5 Å². The minimum absolute atomic E-state index is 0.0595. The van der Waals surface area contributed by atoms with Crippen molar-refractivity contribution < 1.29 is 0 Å². The summed E-state index contributed by atoms with van der Waals surface area (Å²) in [6.45, 7) is 5.78. The molecule has 2 aliphatic carbocycles. The number of aromatic nitrogens is 1. The molecule has 0 radical (unpaired) electrons. The van der Waals surface area contributed by atoms with Crippen molar-refractivity contribution in [3.8, 4) is 0 Å². The van der Waals surface area contributed by atoms with Gasteiger partial charge >= 0.3 is 0 Å². The lowest BCUT2D eigenvalue weighted by atomic mass is 9.96. The third-order valence-corrected chi connectivity index (χ3v) is 6.79. The third kappa shape index (κ3) is 5.37. The Kier molecular flexibility index (Phi) is 7.34. The molecule has 4 rings (SSSR count). The van der Waals surface area contributed by atoms with E-state index in [-0.39, 0.29) is 6.04 Å². The molecule has 30 heavy (non-hydrogen) atoms. The minimum Gasteiger partial charge on any atom is -0.371 e. The summed E-state index contributed by atoms with van der Waals surface area (Å²) < 4.78 is 1.02. The van der Waals surface area contributed by atoms with Crippen molar-refractivity contribution in [2.75, 3.05) is 13.1 Å². The molecule has 1 saturated carbocycles. The van der Waals surface area contributed by atoms with Crippen LogP contribution in [0, 0.1) is 0 Å². The van der Waals surface area contributed by atoms with E-state index in [1.54, 1.807) is 0 Å². The van der Waals surface area contributed by atoms with Gasteiger partial charge in [0.1, 0.15) is 0 Å². The van der Waals surface area contributed by atoms with Gasteiger partial charge in [-0.25, -0.2) is 0 Å². The Morgan fingerprint density at radius 2 is 1.90 bits per heavy atom. The second-order valence-corrected chi connectivity index (χ2v) is 9.66. The van der Waals surface area contributed by atoms with Gasteiger partial charge in [0, 0.05) is 34.8 Å². The van der Waals surface area contributed by atoms with Crippen LogP contribution >= 0.6 is 27.5 Å². The Hall–Kier alpha value is -1.56. The topological polar surface area (TPSA) is 49.0 Å². The second kappa shape index (κ2) is 10.2. The highest BCUT2D eigenvalue weighted by molar-refractivity contribution is 9.10. The van der Waals surface area contributed by atoms with E-state index in [9.17, 15) is 0 Å². The minimum atomic E-state index is 0.0595. The standard InChI is InChI=1S/C24H30BrClN4/c1-16(30-21-5-3-2-4-6-21)27-11-12-28-24-22-10-9-20(26)14-17(22)7-8-18-13-19(25)15-29-23(18)24/h9-10,13-15,21,24,27-28,30H,1-8,11-12H2. The van der Waals surface area contributed by atoms with Gasteiger partial charge in [-0.1, -0.05) is 43.5 Å². The summed E-state index contributed by atoms with van der Waals surface area (Å²) >= 11 is 9.86. The van der Waals surface area contributed by atoms with Gasteiger partial charge < -0.3 is 16.0 Å². The molecule has 0 aliphatic heterocycles. The third-order valence-electron chi connectivity index (χ3n) is 6.12. The highest BCUT2D eigenvalue weighted by atomic mass is 79.9. The maximum atomic E-state index is 6.29. The van der Waals surface area contributed by atoms with Crippen LogP contribution in [0.25, 0.3) is 0 Å². The number of aryl methyl sites for hydroxylation is 2. The first-order chi connectivity index (χ1) is 14.6. The maximum Gasteiger partial charge on any atom is 0.0914 e. The van der Waals surface area contributed by atoms with E-state index in [0.29, 0.717) is 6.04 Å². The quantitative estimate of drug-likeness (QED) is 0.464. The van der Waals surface area contributed by atoms with Gasteiger partial charge in [0.15, 0.2) is 0 Å². The summed E-state index contributed by atoms with van der Waals surface area (Å²) in [5.41, 5.74) is 4.96. The molecule has 0 saturated heterocycles. The number of nitrogens with zero attached hydrogens (tertiary/aromatic N) is 1. The predicted molar refractivity (Wildman–Crippen MR) is 128 cm³/mol. The Morgan fingerprint density at radius 3 is 2.73 bits per heavy atom. The number of hydrogen-bond donors (Lipinski definition) is 3. The molecule has 4 nitrogen and oxygen atoms in total. The van der Waals surface area contributed by atoms with Gasteiger partial charge in [0.25, 0.3) is 0 Å². The summed E-state index contributed by atoms with van der Waals surface area (Å²) in [6.07, 6.45) is 10.3. The lowest BCUT2D eigenvalue weighted by molar-refractivity contribution is 0.388. The van der Waals surface area contributed by atoms with E-state index in [4.69, 9.17) is 16.6 Å². The fourth-order valence-corrected chi connectivity index (χ4v) is 5.20. The zero-order valence-electron chi connectivity index (χ0n) is 17.3. The summed E-state index contributed by atoms with van der Waals surface area (Å²) in [4.78, 5) is 4.78. The zero-order chi connectivity index (χ0) is 20.9. The van der Waals surface area contributed by atoms with E-state index in [1.165, 1.54) is 48.8 Å². The first-order valence-corrected chi connectivity index (χ1v) is 12.1. The van der Waals surface area contributed by atoms with Gasteiger partial charge in [0.2, 0.25) is 0 Å². The Labute approximate surface area is 193 Å². The Morgan fingerprint density at radius 1 is 1.10 bits per heavy atom. The predicted octanol–water partition coefficient (Wildman–Crippen LogP) is 5.26. The normalized spacial score (nSPS) is 18.8. The maximum absolute atomic E-state index is 6.29. The average molecular weight is 490 g/mol. The summed E-state index contributed by atoms with van der Waals surface area (Å²) in [5.74, 6) is 0.930. The van der Waals surface area contributed by atoms with E-state index in [0.717, 1.165) is 46.9 Å². The van der Waals surface area contributed by atoms with Crippen molar-refractivity contribution in [2.24, 2.45) is 0 Å². The van der Waals surface area contributed by atoms with Crippen LogP contribution in [0.3, 0.4) is 0 Å². The van der Waals surface area contributed by atoms with Crippen LogP contribution in [0.4, 0.5) is 0 Å². The van der Waals surface area contributed by atoms with Crippen molar-refractivity contribution in [2.45, 2.75) is 57.0 Å². The molecule has 1 unspecified atom stereocenters. The number of halogens is 2. The lowest BCUT2D eigenvalue weighted by Crippen LogP contribution is -2.38. The molecule has 1 aromatic heterocycles. The van der Waals surface area contributed by atoms with Crippen molar-refractivity contribution in [3.63, 3.8) is 0 Å². The summed E-state index contributed by atoms with van der Waals surface area (Å²) in [7, 11) is 0. The monoisotopic (exact) mass is 488 g/mol. The first-order valence-electron chi connectivity index (χ1n) is 11.0. The van der Waals surface area contributed by atoms with Gasteiger partial charge in [-0.05, 0) is 76.5 Å². The van der Waals surface area contributed by atoms with Crippen LogP contribution < -0.4 is 16.0 Å². The van der Waals surface area contributed by atoms with E-state index < -0.39 is 0 Å². The van der Waals surface area contributed by atoms with Crippen LogP contribution in [0.5, 0.6) is 0 Å². The number of hydrogen-bond acceptors (Lipinski definition) is 4. The van der Waals surface area contributed by atoms with Crippen molar-refractivity contribution in [1.82, 2.24) is 20.9 Å². The van der Waals surface area contributed by atoms with Crippen molar-refractivity contribution in [3.05, 3.63) is 74.7 Å². The van der Waals surface area contributed by atoms with E-state index in [2.05, 4.69) is 56.7 Å². The van der Waals surface area contributed by atoms with Crippen LogP contribution in [0.15, 0.2) is 47.3 Å². The van der Waals surface area contributed by atoms with Crippen LogP contribution in [-0.4, -0.2) is 24.1 Å². The Bertz CT molecular complexity index is 841. The SMILES string of the molecule is C=C(NCCNC1c2ccc(Cl)cc2CCc2cc(Br)cnc21)NC1CCCCC1. The van der Waals surface area contributed by atoms with Gasteiger partial charge in [0.05, 0.1) is 17.6 Å². The zero-order valence-corrected chi connectivity index (χ0v) is 19.7. The summed E-state index contributed by atoms with van der Waals surface area (Å²) in [5, 5.41) is 11.5. The molecule has 3 N–H and O–H groups in total. The largest absolute Gasteiger partial charge is 0.371 e. The van der Waals surface area contributed by atoms with Crippen molar-refractivity contribution in [1.29, 1.82) is 0 Å². The number of benzene rings is 1. The smallest absolute Gasteiger partial charge is 0.0914 e. The number of pyridine rings is 1. The molecule has 160 valence electrons. The number of nitrogens with one attached hydrogen (secondary N) is 3. The molecule has 1 aromatic carbocycles. The van der Waals surface area contributed by atoms with Crippen LogP contribution in [0.2, 0.25) is 5.02 Å². The molecule has 1 fully saturated rings. The molecular weight excluding hydrogens is 460 g/mol. The van der Waals surface area contributed by atoms with Crippen LogP contribution in [0.1, 0.15) is 60.5 Å². The highest BCUT2D eigenvalue weighted by Crippen LogP contribution is 2.33. The van der Waals surface area contributed by atoms with Gasteiger partial charge in [-0.3, -0.25) is 4.98 Å². The molecular formula is C24H30BrClN4. The van der Waals surface area contributed by atoms with Gasteiger partial charge in [-0.2, -0.15) is 0 Å². The van der Waals surface area contributed by atoms with Crippen LogP contribution in [-0.2, 0) is 12.8 Å². The fourth-order valence-electron chi connectivity index (χ4n) is 4.62. The van der Waals surface area contributed by atoms with E-state index >= 15 is 0 Å². The second-order valence-electron chi connectivity index (χ2n) is 8.31. The lowest BCUT2D eigenvalue weighted by Gasteiger charge is -2.26. The average Bonchev–Trinajstić information content (AvgIpc) is 2.88. The Balaban J connectivity index is 1.40. The molecule has 6 heteroatoms. The molecule has 0 bridgehead atoms. The fraction of sp³-hybridized carbons (Fsp3) is 0.458. The number of rotatable bonds is 7. The van der Waals surface area contributed by atoms with E-state index in [1.807, 2.05) is 12.3 Å². The highest BCUT2D eigenvalue weighted by Gasteiger charge is 2.25. The molecule has 0 spiro atoms. The summed E-state index contributed by atoms with van der Waals surface area (Å²) in [6, 6.07) is 9.04. The molecule has 1 heterocycles. The molecule has 1 atom stereocenters.